The van der Waals surface area contributed by atoms with Gasteiger partial charge in [0.1, 0.15) is 5.82 Å². The predicted molar refractivity (Wildman–Crippen MR) is 89.4 cm³/mol. The Morgan fingerprint density at radius 1 is 1.36 bits per heavy atom. The van der Waals surface area contributed by atoms with E-state index in [0.717, 1.165) is 24.1 Å². The number of benzene rings is 1. The van der Waals surface area contributed by atoms with Crippen LogP contribution in [0.25, 0.3) is 0 Å². The molecule has 0 radical (unpaired) electrons. The summed E-state index contributed by atoms with van der Waals surface area (Å²) >= 11 is 0. The first-order chi connectivity index (χ1) is 12.0. The highest BCUT2D eigenvalue weighted by atomic mass is 19.1. The van der Waals surface area contributed by atoms with E-state index in [0.29, 0.717) is 17.9 Å². The fourth-order valence-corrected chi connectivity index (χ4v) is 2.63. The number of aryl methyl sites for hydroxylation is 1. The highest BCUT2D eigenvalue weighted by molar-refractivity contribution is 6.05. The Labute approximate surface area is 145 Å². The van der Waals surface area contributed by atoms with Crippen LogP contribution in [0.4, 0.5) is 4.39 Å². The third-order valence-electron chi connectivity index (χ3n) is 4.06. The van der Waals surface area contributed by atoms with E-state index in [1.165, 1.54) is 12.1 Å². The molecule has 3 rings (SSSR count). The smallest absolute Gasteiger partial charge is 0.267 e. The molecule has 1 aliphatic rings. The lowest BCUT2D eigenvalue weighted by Crippen LogP contribution is -2.44. The fourth-order valence-electron chi connectivity index (χ4n) is 2.63. The normalized spacial score (nSPS) is 19.4. The molecule has 0 bridgehead atoms. The highest BCUT2D eigenvalue weighted by Gasteiger charge is 2.42. The molecule has 7 heteroatoms. The van der Waals surface area contributed by atoms with Crippen LogP contribution in [-0.2, 0) is 22.6 Å². The lowest BCUT2D eigenvalue weighted by atomic mass is 9.95. The summed E-state index contributed by atoms with van der Waals surface area (Å²) in [5, 5.41) is 10.7. The molecule has 25 heavy (non-hydrogen) atoms. The number of rotatable bonds is 6. The van der Waals surface area contributed by atoms with E-state index >= 15 is 0 Å². The van der Waals surface area contributed by atoms with Gasteiger partial charge in [-0.05, 0) is 31.0 Å². The van der Waals surface area contributed by atoms with E-state index in [1.807, 2.05) is 6.07 Å². The Hall–Kier alpha value is -2.70. The number of carbonyl (C=O) groups is 1. The SMILES string of the molecule is CCCc1cc(CNC(=O)[C@]2(C)CC(c3ccc(F)cc3)=NO2)on1. The minimum absolute atomic E-state index is 0.236. The average molecular weight is 345 g/mol. The van der Waals surface area contributed by atoms with Gasteiger partial charge in [-0.1, -0.05) is 35.8 Å². The molecular weight excluding hydrogens is 325 g/mol. The van der Waals surface area contributed by atoms with Crippen molar-refractivity contribution in [1.29, 1.82) is 0 Å². The zero-order chi connectivity index (χ0) is 17.9. The Balaban J connectivity index is 1.58. The minimum atomic E-state index is -1.10. The number of aromatic nitrogens is 1. The topological polar surface area (TPSA) is 76.7 Å². The second kappa shape index (κ2) is 7.04. The molecule has 1 aromatic carbocycles. The first kappa shape index (κ1) is 17.1. The Bertz CT molecular complexity index is 785. The van der Waals surface area contributed by atoms with Crippen molar-refractivity contribution in [2.24, 2.45) is 5.16 Å². The van der Waals surface area contributed by atoms with Crippen molar-refractivity contribution in [3.8, 4) is 0 Å². The monoisotopic (exact) mass is 345 g/mol. The van der Waals surface area contributed by atoms with Gasteiger partial charge in [-0.15, -0.1) is 0 Å². The number of hydrogen-bond acceptors (Lipinski definition) is 5. The molecule has 0 saturated heterocycles. The average Bonchev–Trinajstić information content (AvgIpc) is 3.21. The molecule has 0 aliphatic carbocycles. The largest absolute Gasteiger partial charge is 0.379 e. The molecule has 132 valence electrons. The van der Waals surface area contributed by atoms with Crippen molar-refractivity contribution in [1.82, 2.24) is 10.5 Å². The van der Waals surface area contributed by atoms with Crippen LogP contribution in [0.5, 0.6) is 0 Å². The van der Waals surface area contributed by atoms with Crippen molar-refractivity contribution >= 4 is 11.6 Å². The zero-order valence-electron chi connectivity index (χ0n) is 14.2. The van der Waals surface area contributed by atoms with Crippen LogP contribution in [-0.4, -0.2) is 22.4 Å². The molecule has 1 N–H and O–H groups in total. The van der Waals surface area contributed by atoms with Crippen molar-refractivity contribution in [2.75, 3.05) is 0 Å². The maximum absolute atomic E-state index is 13.0. The summed E-state index contributed by atoms with van der Waals surface area (Å²) in [6, 6.07) is 7.77. The van der Waals surface area contributed by atoms with Gasteiger partial charge in [0, 0.05) is 12.5 Å². The Kier molecular flexibility index (Phi) is 4.83. The van der Waals surface area contributed by atoms with Crippen molar-refractivity contribution in [2.45, 2.75) is 45.3 Å². The van der Waals surface area contributed by atoms with Crippen LogP contribution in [0.15, 0.2) is 40.0 Å². The van der Waals surface area contributed by atoms with Crippen LogP contribution < -0.4 is 5.32 Å². The first-order valence-corrected chi connectivity index (χ1v) is 8.24. The summed E-state index contributed by atoms with van der Waals surface area (Å²) in [5.41, 5.74) is 1.12. The number of hydrogen-bond donors (Lipinski definition) is 1. The molecule has 0 fully saturated rings. The van der Waals surface area contributed by atoms with Gasteiger partial charge in [0.05, 0.1) is 18.0 Å². The van der Waals surface area contributed by atoms with Gasteiger partial charge in [0.15, 0.2) is 5.76 Å². The minimum Gasteiger partial charge on any atom is -0.379 e. The van der Waals surface area contributed by atoms with Gasteiger partial charge in [0.2, 0.25) is 5.60 Å². The summed E-state index contributed by atoms with van der Waals surface area (Å²) < 4.78 is 18.2. The van der Waals surface area contributed by atoms with E-state index in [-0.39, 0.29) is 18.3 Å². The van der Waals surface area contributed by atoms with Crippen molar-refractivity contribution in [3.63, 3.8) is 0 Å². The van der Waals surface area contributed by atoms with Crippen molar-refractivity contribution < 1.29 is 18.5 Å². The Morgan fingerprint density at radius 2 is 2.12 bits per heavy atom. The highest BCUT2D eigenvalue weighted by Crippen LogP contribution is 2.27. The summed E-state index contributed by atoms with van der Waals surface area (Å²) in [7, 11) is 0. The van der Waals surface area contributed by atoms with Crippen LogP contribution in [0.1, 0.15) is 43.7 Å². The van der Waals surface area contributed by atoms with E-state index in [2.05, 4.69) is 22.6 Å². The number of carbonyl (C=O) groups excluding carboxylic acids is 1. The molecule has 2 heterocycles. The summed E-state index contributed by atoms with van der Waals surface area (Å²) in [4.78, 5) is 17.8. The zero-order valence-corrected chi connectivity index (χ0v) is 14.2. The van der Waals surface area contributed by atoms with Gasteiger partial charge in [-0.25, -0.2) is 4.39 Å². The quantitative estimate of drug-likeness (QED) is 0.873. The molecular formula is C18H20FN3O3. The number of nitrogens with one attached hydrogen (secondary N) is 1. The number of amides is 1. The van der Waals surface area contributed by atoms with Crippen LogP contribution in [0, 0.1) is 5.82 Å². The molecule has 2 aromatic rings. The Morgan fingerprint density at radius 3 is 2.84 bits per heavy atom. The molecule has 6 nitrogen and oxygen atoms in total. The maximum Gasteiger partial charge on any atom is 0.267 e. The summed E-state index contributed by atoms with van der Waals surface area (Å²) in [5.74, 6) is -0.0156. The van der Waals surface area contributed by atoms with Gasteiger partial charge >= 0.3 is 0 Å². The third kappa shape index (κ3) is 3.87. The van der Waals surface area contributed by atoms with E-state index in [9.17, 15) is 9.18 Å². The number of nitrogens with zero attached hydrogens (tertiary/aromatic N) is 2. The molecule has 0 saturated carbocycles. The van der Waals surface area contributed by atoms with Crippen LogP contribution >= 0.6 is 0 Å². The number of oxime groups is 1. The van der Waals surface area contributed by atoms with E-state index in [1.54, 1.807) is 19.1 Å². The van der Waals surface area contributed by atoms with Gasteiger partial charge < -0.3 is 14.7 Å². The summed E-state index contributed by atoms with van der Waals surface area (Å²) in [6.45, 7) is 3.97. The van der Waals surface area contributed by atoms with E-state index in [4.69, 9.17) is 9.36 Å². The molecule has 1 amide bonds. The fraction of sp³-hybridized carbons (Fsp3) is 0.389. The van der Waals surface area contributed by atoms with Gasteiger partial charge in [-0.3, -0.25) is 4.79 Å². The van der Waals surface area contributed by atoms with Gasteiger partial charge in [0.25, 0.3) is 5.91 Å². The van der Waals surface area contributed by atoms with Crippen LogP contribution in [0.3, 0.4) is 0 Å². The maximum atomic E-state index is 13.0. The second-order valence-corrected chi connectivity index (χ2v) is 6.26. The lowest BCUT2D eigenvalue weighted by Gasteiger charge is -2.19. The lowest BCUT2D eigenvalue weighted by molar-refractivity contribution is -0.142. The van der Waals surface area contributed by atoms with Crippen LogP contribution in [0.2, 0.25) is 0 Å². The van der Waals surface area contributed by atoms with Crippen molar-refractivity contribution in [3.05, 3.63) is 53.2 Å². The molecule has 0 unspecified atom stereocenters. The second-order valence-electron chi connectivity index (χ2n) is 6.26. The van der Waals surface area contributed by atoms with E-state index < -0.39 is 5.60 Å². The first-order valence-electron chi connectivity index (χ1n) is 8.24. The predicted octanol–water partition coefficient (Wildman–Crippen LogP) is 2.97. The molecule has 1 atom stereocenters. The third-order valence-corrected chi connectivity index (χ3v) is 4.06. The summed E-state index contributed by atoms with van der Waals surface area (Å²) in [6.07, 6.45) is 2.13. The standard InChI is InChI=1S/C18H20FN3O3/c1-3-4-14-9-15(24-21-14)11-20-17(23)18(2)10-16(22-25-18)12-5-7-13(19)8-6-12/h5-9H,3-4,10-11H2,1-2H3,(H,20,23)/t18-/m0/s1. The number of halogens is 1. The molecule has 1 aromatic heterocycles. The molecule has 1 aliphatic heterocycles. The molecule has 0 spiro atoms. The van der Waals surface area contributed by atoms with Gasteiger partial charge in [-0.2, -0.15) is 0 Å².